The first-order chi connectivity index (χ1) is 10.1. The summed E-state index contributed by atoms with van der Waals surface area (Å²) >= 11 is 0. The SMILES string of the molecule is O=C(Cn1cc([N+](=O)[O-])cn1)Nc1nc2ccccc2[nH]1. The van der Waals surface area contributed by atoms with E-state index in [1.807, 2.05) is 24.3 Å². The van der Waals surface area contributed by atoms with Gasteiger partial charge < -0.3 is 4.98 Å². The number of imidazole rings is 1. The smallest absolute Gasteiger partial charge is 0.307 e. The van der Waals surface area contributed by atoms with Gasteiger partial charge in [0.15, 0.2) is 0 Å². The molecule has 2 N–H and O–H groups in total. The summed E-state index contributed by atoms with van der Waals surface area (Å²) in [5.41, 5.74) is 1.39. The van der Waals surface area contributed by atoms with Crippen LogP contribution in [-0.2, 0) is 11.3 Å². The van der Waals surface area contributed by atoms with E-state index < -0.39 is 4.92 Å². The van der Waals surface area contributed by atoms with Crippen LogP contribution in [0.4, 0.5) is 11.6 Å². The van der Waals surface area contributed by atoms with Gasteiger partial charge in [0.25, 0.3) is 0 Å². The summed E-state index contributed by atoms with van der Waals surface area (Å²) in [5, 5.41) is 16.9. The number of rotatable bonds is 4. The van der Waals surface area contributed by atoms with Crippen LogP contribution in [0.15, 0.2) is 36.7 Å². The number of amides is 1. The number of hydrogen-bond donors (Lipinski definition) is 2. The molecule has 0 radical (unpaired) electrons. The molecule has 0 fully saturated rings. The number of H-pyrrole nitrogens is 1. The predicted molar refractivity (Wildman–Crippen MR) is 73.6 cm³/mol. The Morgan fingerprint density at radius 3 is 2.95 bits per heavy atom. The molecule has 0 spiro atoms. The Kier molecular flexibility index (Phi) is 3.07. The molecule has 3 rings (SSSR count). The van der Waals surface area contributed by atoms with Gasteiger partial charge in [-0.15, -0.1) is 0 Å². The van der Waals surface area contributed by atoms with Crippen molar-refractivity contribution in [2.45, 2.75) is 6.54 Å². The lowest BCUT2D eigenvalue weighted by molar-refractivity contribution is -0.385. The van der Waals surface area contributed by atoms with E-state index in [-0.39, 0.29) is 18.1 Å². The fourth-order valence-corrected chi connectivity index (χ4v) is 1.86. The molecule has 106 valence electrons. The maximum Gasteiger partial charge on any atom is 0.307 e. The summed E-state index contributed by atoms with van der Waals surface area (Å²) in [6.07, 6.45) is 2.28. The summed E-state index contributed by atoms with van der Waals surface area (Å²) in [6.45, 7) is -0.134. The molecule has 2 aromatic heterocycles. The third kappa shape index (κ3) is 2.71. The van der Waals surface area contributed by atoms with Crippen LogP contribution >= 0.6 is 0 Å². The molecule has 0 atom stereocenters. The van der Waals surface area contributed by atoms with E-state index in [4.69, 9.17) is 0 Å². The molecule has 1 amide bonds. The summed E-state index contributed by atoms with van der Waals surface area (Å²) in [5.74, 6) is -0.0603. The van der Waals surface area contributed by atoms with Crippen molar-refractivity contribution in [3.63, 3.8) is 0 Å². The van der Waals surface area contributed by atoms with E-state index in [2.05, 4.69) is 20.4 Å². The molecule has 0 bridgehead atoms. The lowest BCUT2D eigenvalue weighted by atomic mass is 10.3. The number of nitro groups is 1. The molecule has 3 aromatic rings. The zero-order valence-electron chi connectivity index (χ0n) is 10.7. The fourth-order valence-electron chi connectivity index (χ4n) is 1.86. The number of nitrogens with zero attached hydrogens (tertiary/aromatic N) is 4. The molecule has 9 nitrogen and oxygen atoms in total. The number of aromatic nitrogens is 4. The number of nitrogens with one attached hydrogen (secondary N) is 2. The highest BCUT2D eigenvalue weighted by molar-refractivity contribution is 5.90. The third-order valence-corrected chi connectivity index (χ3v) is 2.78. The van der Waals surface area contributed by atoms with Gasteiger partial charge in [-0.1, -0.05) is 12.1 Å². The second-order valence-electron chi connectivity index (χ2n) is 4.30. The van der Waals surface area contributed by atoms with Crippen molar-refractivity contribution < 1.29 is 9.72 Å². The lowest BCUT2D eigenvalue weighted by Gasteiger charge is -2.01. The predicted octanol–water partition coefficient (Wildman–Crippen LogP) is 1.31. The Bertz CT molecular complexity index is 788. The van der Waals surface area contributed by atoms with E-state index in [9.17, 15) is 14.9 Å². The van der Waals surface area contributed by atoms with Gasteiger partial charge in [-0.25, -0.2) is 4.98 Å². The van der Waals surface area contributed by atoms with Crippen molar-refractivity contribution in [1.29, 1.82) is 0 Å². The molecule has 0 unspecified atom stereocenters. The van der Waals surface area contributed by atoms with E-state index in [1.165, 1.54) is 10.9 Å². The van der Waals surface area contributed by atoms with Crippen LogP contribution in [0, 0.1) is 10.1 Å². The van der Waals surface area contributed by atoms with Crippen LogP contribution in [0.2, 0.25) is 0 Å². The average Bonchev–Trinajstić information content (AvgIpc) is 3.04. The average molecular weight is 286 g/mol. The van der Waals surface area contributed by atoms with E-state index in [1.54, 1.807) is 0 Å². The van der Waals surface area contributed by atoms with Crippen molar-refractivity contribution in [3.8, 4) is 0 Å². The number of anilines is 1. The second kappa shape index (κ2) is 5.04. The molecule has 0 aliphatic carbocycles. The molecule has 1 aromatic carbocycles. The number of hydrogen-bond acceptors (Lipinski definition) is 5. The standard InChI is InChI=1S/C12H10N6O3/c19-11(7-17-6-8(5-13-17)18(20)21)16-12-14-9-3-1-2-4-10(9)15-12/h1-6H,7H2,(H2,14,15,16,19). The van der Waals surface area contributed by atoms with Crippen molar-refractivity contribution in [2.75, 3.05) is 5.32 Å². The van der Waals surface area contributed by atoms with Gasteiger partial charge in [0, 0.05) is 0 Å². The van der Waals surface area contributed by atoms with E-state index in [0.29, 0.717) is 5.95 Å². The van der Waals surface area contributed by atoms with Crippen LogP contribution in [0.3, 0.4) is 0 Å². The van der Waals surface area contributed by atoms with Gasteiger partial charge in [0.05, 0.1) is 16.0 Å². The molecule has 9 heteroatoms. The zero-order chi connectivity index (χ0) is 14.8. The second-order valence-corrected chi connectivity index (χ2v) is 4.30. The summed E-state index contributed by atoms with van der Waals surface area (Å²) in [7, 11) is 0. The van der Waals surface area contributed by atoms with E-state index in [0.717, 1.165) is 17.2 Å². The minimum Gasteiger partial charge on any atom is -0.324 e. The Labute approximate surface area is 117 Å². The highest BCUT2D eigenvalue weighted by Gasteiger charge is 2.12. The van der Waals surface area contributed by atoms with Gasteiger partial charge in [-0.05, 0) is 12.1 Å². The van der Waals surface area contributed by atoms with Gasteiger partial charge in [0.1, 0.15) is 18.9 Å². The maximum absolute atomic E-state index is 11.8. The topological polar surface area (TPSA) is 119 Å². The molecular weight excluding hydrogens is 276 g/mol. The Morgan fingerprint density at radius 1 is 1.43 bits per heavy atom. The fraction of sp³-hybridized carbons (Fsp3) is 0.0833. The lowest BCUT2D eigenvalue weighted by Crippen LogP contribution is -2.19. The summed E-state index contributed by atoms with van der Waals surface area (Å²) in [4.78, 5) is 29.0. The molecule has 2 heterocycles. The van der Waals surface area contributed by atoms with Crippen molar-refractivity contribution >= 4 is 28.6 Å². The Balaban J connectivity index is 1.69. The van der Waals surface area contributed by atoms with Crippen molar-refractivity contribution in [1.82, 2.24) is 19.7 Å². The van der Waals surface area contributed by atoms with Crippen LogP contribution in [0.25, 0.3) is 11.0 Å². The number of aromatic amines is 1. The first kappa shape index (κ1) is 12.8. The van der Waals surface area contributed by atoms with Crippen molar-refractivity contribution in [2.24, 2.45) is 0 Å². The van der Waals surface area contributed by atoms with Crippen LogP contribution < -0.4 is 5.32 Å². The van der Waals surface area contributed by atoms with Gasteiger partial charge in [0.2, 0.25) is 11.9 Å². The number of fused-ring (bicyclic) bond motifs is 1. The minimum absolute atomic E-state index is 0.134. The molecule has 0 saturated carbocycles. The Morgan fingerprint density at radius 2 is 2.24 bits per heavy atom. The normalized spacial score (nSPS) is 10.7. The Hall–Kier alpha value is -3.23. The quantitative estimate of drug-likeness (QED) is 0.553. The first-order valence-corrected chi connectivity index (χ1v) is 6.03. The zero-order valence-corrected chi connectivity index (χ0v) is 10.7. The molecule has 21 heavy (non-hydrogen) atoms. The minimum atomic E-state index is -0.569. The molecule has 0 aliphatic rings. The number of para-hydroxylation sites is 2. The van der Waals surface area contributed by atoms with Gasteiger partial charge in [-0.2, -0.15) is 5.10 Å². The highest BCUT2D eigenvalue weighted by Crippen LogP contribution is 2.13. The summed E-state index contributed by atoms with van der Waals surface area (Å²) in [6, 6.07) is 7.36. The largest absolute Gasteiger partial charge is 0.324 e. The van der Waals surface area contributed by atoms with Crippen LogP contribution in [0.5, 0.6) is 0 Å². The molecule has 0 saturated heterocycles. The first-order valence-electron chi connectivity index (χ1n) is 6.03. The van der Waals surface area contributed by atoms with Gasteiger partial charge >= 0.3 is 5.69 Å². The van der Waals surface area contributed by atoms with Crippen molar-refractivity contribution in [3.05, 3.63) is 46.8 Å². The third-order valence-electron chi connectivity index (χ3n) is 2.78. The van der Waals surface area contributed by atoms with E-state index >= 15 is 0 Å². The monoisotopic (exact) mass is 286 g/mol. The number of benzene rings is 1. The summed E-state index contributed by atoms with van der Waals surface area (Å²) < 4.78 is 1.19. The van der Waals surface area contributed by atoms with Crippen LogP contribution in [0.1, 0.15) is 0 Å². The number of carbonyl (C=O) groups is 1. The van der Waals surface area contributed by atoms with Gasteiger partial charge in [-0.3, -0.25) is 24.9 Å². The maximum atomic E-state index is 11.8. The van der Waals surface area contributed by atoms with Crippen LogP contribution in [-0.4, -0.2) is 30.6 Å². The number of carbonyl (C=O) groups excluding carboxylic acids is 1. The molecule has 0 aliphatic heterocycles. The molecular formula is C12H10N6O3. The highest BCUT2D eigenvalue weighted by atomic mass is 16.6.